The van der Waals surface area contributed by atoms with Gasteiger partial charge < -0.3 is 14.5 Å². The van der Waals surface area contributed by atoms with Gasteiger partial charge in [-0.05, 0) is 48.6 Å². The van der Waals surface area contributed by atoms with Gasteiger partial charge in [0.2, 0.25) is 0 Å². The molecule has 4 heteroatoms. The van der Waals surface area contributed by atoms with Gasteiger partial charge in [0.05, 0.1) is 11.0 Å². The Hall–Kier alpha value is -2.56. The second-order valence-electron chi connectivity index (χ2n) is 7.45. The van der Waals surface area contributed by atoms with Crippen LogP contribution in [0.4, 0.5) is 0 Å². The van der Waals surface area contributed by atoms with E-state index in [1.54, 1.807) is 17.6 Å². The van der Waals surface area contributed by atoms with E-state index in [0.29, 0.717) is 6.04 Å². The lowest BCUT2D eigenvalue weighted by molar-refractivity contribution is 0.211. The molecule has 2 atom stereocenters. The molecule has 0 aliphatic heterocycles. The Morgan fingerprint density at radius 3 is 3.07 bits per heavy atom. The summed E-state index contributed by atoms with van der Waals surface area (Å²) in [6.07, 6.45) is 6.05. The largest absolute Gasteiger partial charge is 0.489 e. The molecule has 2 aromatic heterocycles. The monoisotopic (exact) mass is 389 g/mol. The van der Waals surface area contributed by atoms with E-state index in [4.69, 9.17) is 9.15 Å². The highest BCUT2D eigenvalue weighted by atomic mass is 32.1. The highest BCUT2D eigenvalue weighted by molar-refractivity contribution is 7.17. The van der Waals surface area contributed by atoms with Crippen molar-refractivity contribution in [1.29, 1.82) is 0 Å². The van der Waals surface area contributed by atoms with Crippen molar-refractivity contribution in [3.05, 3.63) is 77.6 Å². The number of ether oxygens (including phenoxy) is 1. The van der Waals surface area contributed by atoms with Crippen molar-refractivity contribution in [2.45, 2.75) is 31.9 Å². The molecule has 0 bridgehead atoms. The summed E-state index contributed by atoms with van der Waals surface area (Å²) in [6, 6.07) is 17.5. The average Bonchev–Trinajstić information content (AvgIpc) is 3.42. The van der Waals surface area contributed by atoms with Crippen molar-refractivity contribution in [3.8, 4) is 16.9 Å². The van der Waals surface area contributed by atoms with E-state index in [1.165, 1.54) is 27.8 Å². The molecule has 2 heterocycles. The lowest BCUT2D eigenvalue weighted by atomic mass is 10.1. The molecule has 0 saturated heterocycles. The summed E-state index contributed by atoms with van der Waals surface area (Å²) in [5, 5.41) is 7.03. The first kappa shape index (κ1) is 17.5. The van der Waals surface area contributed by atoms with Crippen LogP contribution in [0.2, 0.25) is 0 Å². The van der Waals surface area contributed by atoms with Gasteiger partial charge in [-0.15, -0.1) is 11.3 Å². The topological polar surface area (TPSA) is 34.4 Å². The third-order valence-electron chi connectivity index (χ3n) is 5.49. The summed E-state index contributed by atoms with van der Waals surface area (Å²) in [6.45, 7) is 2.95. The van der Waals surface area contributed by atoms with Crippen LogP contribution in [0.5, 0.6) is 5.75 Å². The maximum Gasteiger partial charge on any atom is 0.120 e. The summed E-state index contributed by atoms with van der Waals surface area (Å²) < 4.78 is 12.7. The smallest absolute Gasteiger partial charge is 0.120 e. The van der Waals surface area contributed by atoms with Crippen LogP contribution in [0.1, 0.15) is 30.5 Å². The van der Waals surface area contributed by atoms with E-state index in [9.17, 15) is 0 Å². The van der Waals surface area contributed by atoms with Gasteiger partial charge in [0, 0.05) is 28.9 Å². The second kappa shape index (κ2) is 7.46. The summed E-state index contributed by atoms with van der Waals surface area (Å²) in [7, 11) is 0. The molecule has 0 saturated carbocycles. The predicted octanol–water partition coefficient (Wildman–Crippen LogP) is 6.21. The molecule has 28 heavy (non-hydrogen) atoms. The summed E-state index contributed by atoms with van der Waals surface area (Å²) in [5.74, 6) is 0.904. The first-order valence-electron chi connectivity index (χ1n) is 9.79. The van der Waals surface area contributed by atoms with Gasteiger partial charge in [0.15, 0.2) is 0 Å². The van der Waals surface area contributed by atoms with Crippen LogP contribution in [-0.2, 0) is 6.42 Å². The van der Waals surface area contributed by atoms with Crippen molar-refractivity contribution >= 4 is 21.4 Å². The molecule has 5 rings (SSSR count). The standard InChI is InChI=1S/C24H23NO2S/c1-16(12-25-23-10-9-17-5-2-3-8-20(17)23)27-19-7-4-6-18(11-19)22-15-28-24-14-26-13-21(22)24/h2-8,11,13-16,23,25H,9-10,12H2,1H3. The lowest BCUT2D eigenvalue weighted by Gasteiger charge is -2.20. The number of hydrogen-bond acceptors (Lipinski definition) is 4. The molecule has 0 amide bonds. The number of fused-ring (bicyclic) bond motifs is 2. The van der Waals surface area contributed by atoms with Crippen LogP contribution in [0.25, 0.3) is 21.2 Å². The maximum atomic E-state index is 6.21. The maximum absolute atomic E-state index is 6.21. The Bertz CT molecular complexity index is 1100. The van der Waals surface area contributed by atoms with Crippen LogP contribution >= 0.6 is 11.3 Å². The first-order valence-corrected chi connectivity index (χ1v) is 10.7. The van der Waals surface area contributed by atoms with Gasteiger partial charge in [-0.25, -0.2) is 0 Å². The molecule has 4 aromatic rings. The fraction of sp³-hybridized carbons (Fsp3) is 0.250. The van der Waals surface area contributed by atoms with Gasteiger partial charge in [-0.1, -0.05) is 36.4 Å². The molecular formula is C24H23NO2S. The molecule has 0 radical (unpaired) electrons. The van der Waals surface area contributed by atoms with Crippen LogP contribution in [0.3, 0.4) is 0 Å². The number of nitrogens with one attached hydrogen (secondary N) is 1. The van der Waals surface area contributed by atoms with E-state index in [0.717, 1.165) is 29.7 Å². The molecule has 1 aliphatic rings. The van der Waals surface area contributed by atoms with Crippen molar-refractivity contribution < 1.29 is 9.15 Å². The van der Waals surface area contributed by atoms with E-state index < -0.39 is 0 Å². The molecule has 2 unspecified atom stereocenters. The highest BCUT2D eigenvalue weighted by Gasteiger charge is 2.22. The van der Waals surface area contributed by atoms with Crippen LogP contribution in [-0.4, -0.2) is 12.6 Å². The Labute approximate surface area is 169 Å². The van der Waals surface area contributed by atoms with E-state index in [-0.39, 0.29) is 6.10 Å². The summed E-state index contributed by atoms with van der Waals surface area (Å²) in [4.78, 5) is 0. The van der Waals surface area contributed by atoms with Gasteiger partial charge >= 0.3 is 0 Å². The molecule has 0 fully saturated rings. The Balaban J connectivity index is 1.25. The number of furan rings is 1. The van der Waals surface area contributed by atoms with Crippen molar-refractivity contribution in [2.24, 2.45) is 0 Å². The Morgan fingerprint density at radius 2 is 2.11 bits per heavy atom. The fourth-order valence-corrected chi connectivity index (χ4v) is 4.97. The SMILES string of the molecule is CC(CNC1CCc2ccccc21)Oc1cccc(-c2csc3cocc23)c1. The van der Waals surface area contributed by atoms with Crippen LogP contribution < -0.4 is 10.1 Å². The minimum Gasteiger partial charge on any atom is -0.489 e. The quantitative estimate of drug-likeness (QED) is 0.426. The lowest BCUT2D eigenvalue weighted by Crippen LogP contribution is -2.31. The Kier molecular flexibility index (Phi) is 4.67. The molecule has 142 valence electrons. The van der Waals surface area contributed by atoms with E-state index in [1.807, 2.05) is 12.3 Å². The number of aryl methyl sites for hydroxylation is 1. The van der Waals surface area contributed by atoms with E-state index in [2.05, 4.69) is 60.1 Å². The van der Waals surface area contributed by atoms with Crippen molar-refractivity contribution in [2.75, 3.05) is 6.54 Å². The third kappa shape index (κ3) is 3.34. The van der Waals surface area contributed by atoms with Gasteiger partial charge in [-0.2, -0.15) is 0 Å². The zero-order chi connectivity index (χ0) is 18.9. The van der Waals surface area contributed by atoms with E-state index >= 15 is 0 Å². The zero-order valence-corrected chi connectivity index (χ0v) is 16.7. The Morgan fingerprint density at radius 1 is 1.18 bits per heavy atom. The predicted molar refractivity (Wildman–Crippen MR) is 115 cm³/mol. The van der Waals surface area contributed by atoms with Gasteiger partial charge in [0.1, 0.15) is 18.1 Å². The fourth-order valence-electron chi connectivity index (χ4n) is 4.07. The molecule has 0 spiro atoms. The average molecular weight is 390 g/mol. The summed E-state index contributed by atoms with van der Waals surface area (Å²) in [5.41, 5.74) is 5.28. The molecule has 3 nitrogen and oxygen atoms in total. The summed E-state index contributed by atoms with van der Waals surface area (Å²) >= 11 is 1.71. The number of hydrogen-bond donors (Lipinski definition) is 1. The highest BCUT2D eigenvalue weighted by Crippen LogP contribution is 2.36. The van der Waals surface area contributed by atoms with Gasteiger partial charge in [-0.3, -0.25) is 0 Å². The minimum atomic E-state index is 0.0967. The number of rotatable bonds is 6. The first-order chi connectivity index (χ1) is 13.8. The number of benzene rings is 2. The second-order valence-corrected chi connectivity index (χ2v) is 8.36. The molecule has 2 aromatic carbocycles. The van der Waals surface area contributed by atoms with Crippen LogP contribution in [0.15, 0.2) is 70.9 Å². The zero-order valence-electron chi connectivity index (χ0n) is 15.9. The van der Waals surface area contributed by atoms with Crippen molar-refractivity contribution in [1.82, 2.24) is 5.32 Å². The number of thiophene rings is 1. The van der Waals surface area contributed by atoms with Crippen molar-refractivity contribution in [3.63, 3.8) is 0 Å². The molecule has 1 aliphatic carbocycles. The van der Waals surface area contributed by atoms with Gasteiger partial charge in [0.25, 0.3) is 0 Å². The molecule has 1 N–H and O–H groups in total. The molecular weight excluding hydrogens is 366 g/mol. The normalized spacial score (nSPS) is 17.0. The third-order valence-corrected chi connectivity index (χ3v) is 6.41. The van der Waals surface area contributed by atoms with Crippen LogP contribution in [0, 0.1) is 0 Å². The minimum absolute atomic E-state index is 0.0967.